The van der Waals surface area contributed by atoms with Crippen molar-refractivity contribution in [3.05, 3.63) is 54.1 Å². The zero-order chi connectivity index (χ0) is 13.9. The molecule has 100 valence electrons. The molecule has 0 spiro atoms. The van der Waals surface area contributed by atoms with Crippen LogP contribution >= 0.6 is 0 Å². The van der Waals surface area contributed by atoms with Crippen molar-refractivity contribution < 1.29 is 13.2 Å². The van der Waals surface area contributed by atoms with Crippen LogP contribution in [0.1, 0.15) is 5.56 Å². The predicted octanol–water partition coefficient (Wildman–Crippen LogP) is 4.49. The van der Waals surface area contributed by atoms with Crippen molar-refractivity contribution >= 4 is 17.1 Å². The largest absolute Gasteiger partial charge is 0.416 e. The van der Waals surface area contributed by atoms with Crippen LogP contribution in [0.25, 0.3) is 0 Å². The van der Waals surface area contributed by atoms with E-state index in [2.05, 4.69) is 10.6 Å². The van der Waals surface area contributed by atoms with Gasteiger partial charge in [-0.25, -0.2) is 0 Å². The molecule has 0 atom stereocenters. The van der Waals surface area contributed by atoms with Gasteiger partial charge in [0.15, 0.2) is 0 Å². The Morgan fingerprint density at radius 2 is 1.47 bits per heavy atom. The second-order valence-electron chi connectivity index (χ2n) is 4.03. The summed E-state index contributed by atoms with van der Waals surface area (Å²) in [5.41, 5.74) is 1.42. The summed E-state index contributed by atoms with van der Waals surface area (Å²) in [5.74, 6) is 0. The zero-order valence-electron chi connectivity index (χ0n) is 10.3. The second kappa shape index (κ2) is 5.22. The fourth-order valence-electron chi connectivity index (χ4n) is 1.66. The molecule has 0 saturated carbocycles. The summed E-state index contributed by atoms with van der Waals surface area (Å²) < 4.78 is 37.7. The Balaban J connectivity index is 2.18. The van der Waals surface area contributed by atoms with Gasteiger partial charge in [0.05, 0.1) is 5.56 Å². The molecule has 0 aromatic heterocycles. The van der Waals surface area contributed by atoms with Gasteiger partial charge >= 0.3 is 6.18 Å². The molecule has 2 rings (SSSR count). The molecule has 0 unspecified atom stereocenters. The van der Waals surface area contributed by atoms with Crippen molar-refractivity contribution in [1.82, 2.24) is 0 Å². The Bertz CT molecular complexity index is 547. The molecular weight excluding hydrogens is 253 g/mol. The Morgan fingerprint density at radius 1 is 0.842 bits per heavy atom. The molecular formula is C14H13F3N2. The highest BCUT2D eigenvalue weighted by molar-refractivity contribution is 5.63. The molecule has 0 aliphatic rings. The second-order valence-corrected chi connectivity index (χ2v) is 4.03. The van der Waals surface area contributed by atoms with Crippen LogP contribution in [0.5, 0.6) is 0 Å². The first-order valence-electron chi connectivity index (χ1n) is 5.71. The molecule has 0 saturated heterocycles. The van der Waals surface area contributed by atoms with Gasteiger partial charge in [-0.15, -0.1) is 0 Å². The number of nitrogens with one attached hydrogen (secondary N) is 2. The summed E-state index contributed by atoms with van der Waals surface area (Å²) in [7, 11) is 1.80. The van der Waals surface area contributed by atoms with E-state index in [1.807, 2.05) is 12.1 Å². The van der Waals surface area contributed by atoms with Crippen molar-refractivity contribution in [3.63, 3.8) is 0 Å². The highest BCUT2D eigenvalue weighted by Gasteiger charge is 2.30. The molecule has 0 aliphatic carbocycles. The van der Waals surface area contributed by atoms with E-state index in [1.54, 1.807) is 25.2 Å². The standard InChI is InChI=1S/C14H13F3N2/c1-18-11-5-7-12(8-6-11)19-13-4-2-3-10(9-13)14(15,16)17/h2-9,18-19H,1H3. The summed E-state index contributed by atoms with van der Waals surface area (Å²) in [6, 6.07) is 12.4. The zero-order valence-corrected chi connectivity index (χ0v) is 10.3. The lowest BCUT2D eigenvalue weighted by Crippen LogP contribution is -2.05. The van der Waals surface area contributed by atoms with Crippen molar-refractivity contribution in [2.75, 3.05) is 17.7 Å². The normalized spacial score (nSPS) is 11.2. The lowest BCUT2D eigenvalue weighted by Gasteiger charge is -2.11. The minimum Gasteiger partial charge on any atom is -0.388 e. The molecule has 0 fully saturated rings. The molecule has 2 nitrogen and oxygen atoms in total. The summed E-state index contributed by atoms with van der Waals surface area (Å²) in [6.45, 7) is 0. The number of rotatable bonds is 3. The Hall–Kier alpha value is -2.17. The number of hydrogen-bond donors (Lipinski definition) is 2. The highest BCUT2D eigenvalue weighted by atomic mass is 19.4. The lowest BCUT2D eigenvalue weighted by molar-refractivity contribution is -0.137. The van der Waals surface area contributed by atoms with E-state index in [9.17, 15) is 13.2 Å². The molecule has 0 radical (unpaired) electrons. The number of alkyl halides is 3. The lowest BCUT2D eigenvalue weighted by atomic mass is 10.2. The molecule has 0 bridgehead atoms. The summed E-state index contributed by atoms with van der Waals surface area (Å²) in [4.78, 5) is 0. The van der Waals surface area contributed by atoms with E-state index in [-0.39, 0.29) is 0 Å². The van der Waals surface area contributed by atoms with Crippen molar-refractivity contribution in [2.24, 2.45) is 0 Å². The quantitative estimate of drug-likeness (QED) is 0.855. The highest BCUT2D eigenvalue weighted by Crippen LogP contribution is 2.31. The van der Waals surface area contributed by atoms with Gasteiger partial charge in [0.2, 0.25) is 0 Å². The van der Waals surface area contributed by atoms with E-state index in [0.29, 0.717) is 5.69 Å². The van der Waals surface area contributed by atoms with Crippen LogP contribution in [0.4, 0.5) is 30.2 Å². The minimum atomic E-state index is -4.33. The van der Waals surface area contributed by atoms with Gasteiger partial charge in [0, 0.05) is 24.1 Å². The van der Waals surface area contributed by atoms with Crippen LogP contribution in [-0.2, 0) is 6.18 Å². The number of halogens is 3. The van der Waals surface area contributed by atoms with Crippen LogP contribution in [-0.4, -0.2) is 7.05 Å². The van der Waals surface area contributed by atoms with Gasteiger partial charge < -0.3 is 10.6 Å². The molecule has 5 heteroatoms. The monoisotopic (exact) mass is 266 g/mol. The summed E-state index contributed by atoms with van der Waals surface area (Å²) in [5, 5.41) is 5.91. The van der Waals surface area contributed by atoms with E-state index < -0.39 is 11.7 Å². The van der Waals surface area contributed by atoms with E-state index in [0.717, 1.165) is 23.5 Å². The van der Waals surface area contributed by atoms with E-state index in [1.165, 1.54) is 6.07 Å². The SMILES string of the molecule is CNc1ccc(Nc2cccc(C(F)(F)F)c2)cc1. The van der Waals surface area contributed by atoms with E-state index >= 15 is 0 Å². The first-order valence-corrected chi connectivity index (χ1v) is 5.71. The van der Waals surface area contributed by atoms with Crippen LogP contribution in [0.15, 0.2) is 48.5 Å². The molecule has 2 aromatic carbocycles. The van der Waals surface area contributed by atoms with Gasteiger partial charge in [0.1, 0.15) is 0 Å². The number of benzene rings is 2. The van der Waals surface area contributed by atoms with Crippen molar-refractivity contribution in [1.29, 1.82) is 0 Å². The molecule has 0 heterocycles. The van der Waals surface area contributed by atoms with Crippen LogP contribution in [0.3, 0.4) is 0 Å². The number of hydrogen-bond acceptors (Lipinski definition) is 2. The maximum Gasteiger partial charge on any atom is 0.416 e. The predicted molar refractivity (Wildman–Crippen MR) is 70.7 cm³/mol. The molecule has 19 heavy (non-hydrogen) atoms. The van der Waals surface area contributed by atoms with E-state index in [4.69, 9.17) is 0 Å². The van der Waals surface area contributed by atoms with Gasteiger partial charge in [-0.2, -0.15) is 13.2 Å². The number of anilines is 3. The van der Waals surface area contributed by atoms with Crippen molar-refractivity contribution in [3.8, 4) is 0 Å². The molecule has 0 amide bonds. The molecule has 0 aliphatic heterocycles. The first kappa shape index (κ1) is 13.3. The van der Waals surface area contributed by atoms with Gasteiger partial charge in [0.25, 0.3) is 0 Å². The average molecular weight is 266 g/mol. The Morgan fingerprint density at radius 3 is 2.05 bits per heavy atom. The van der Waals surface area contributed by atoms with Crippen LogP contribution in [0.2, 0.25) is 0 Å². The average Bonchev–Trinajstić information content (AvgIpc) is 2.39. The minimum absolute atomic E-state index is 0.409. The van der Waals surface area contributed by atoms with Crippen LogP contribution in [0, 0.1) is 0 Å². The third-order valence-corrected chi connectivity index (χ3v) is 2.65. The van der Waals surface area contributed by atoms with Gasteiger partial charge in [-0.05, 0) is 42.5 Å². The summed E-state index contributed by atoms with van der Waals surface area (Å²) >= 11 is 0. The molecule has 2 aromatic rings. The first-order chi connectivity index (χ1) is 8.99. The Kier molecular flexibility index (Phi) is 3.64. The topological polar surface area (TPSA) is 24.1 Å². The van der Waals surface area contributed by atoms with Crippen LogP contribution < -0.4 is 10.6 Å². The Labute approximate surface area is 109 Å². The van der Waals surface area contributed by atoms with Gasteiger partial charge in [-0.3, -0.25) is 0 Å². The maximum absolute atomic E-state index is 12.6. The fourth-order valence-corrected chi connectivity index (χ4v) is 1.66. The van der Waals surface area contributed by atoms with Crippen molar-refractivity contribution in [2.45, 2.75) is 6.18 Å². The third-order valence-electron chi connectivity index (χ3n) is 2.65. The fraction of sp³-hybridized carbons (Fsp3) is 0.143. The third kappa shape index (κ3) is 3.40. The van der Waals surface area contributed by atoms with Gasteiger partial charge in [-0.1, -0.05) is 6.07 Å². The molecule has 2 N–H and O–H groups in total. The summed E-state index contributed by atoms with van der Waals surface area (Å²) in [6.07, 6.45) is -4.33. The maximum atomic E-state index is 12.6. The smallest absolute Gasteiger partial charge is 0.388 e.